The first-order valence-corrected chi connectivity index (χ1v) is 6.59. The number of fused-ring (bicyclic) bond motifs is 1. The zero-order chi connectivity index (χ0) is 12.5. The number of H-pyrrole nitrogens is 1. The first-order valence-electron chi connectivity index (χ1n) is 5.80. The molecule has 4 nitrogen and oxygen atoms in total. The van der Waals surface area contributed by atoms with Crippen LogP contribution >= 0.6 is 15.9 Å². The average molecular weight is 306 g/mol. The highest BCUT2D eigenvalue weighted by Crippen LogP contribution is 2.19. The molecule has 5 heteroatoms. The van der Waals surface area contributed by atoms with E-state index in [1.165, 1.54) is 0 Å². The van der Waals surface area contributed by atoms with Gasteiger partial charge in [-0.2, -0.15) is 0 Å². The molecule has 0 atom stereocenters. The second kappa shape index (κ2) is 4.57. The molecule has 0 fully saturated rings. The Morgan fingerprint density at radius 2 is 2.33 bits per heavy atom. The third-order valence-electron chi connectivity index (χ3n) is 3.13. The summed E-state index contributed by atoms with van der Waals surface area (Å²) in [5.74, 6) is 0.0663. The molecular weight excluding hydrogens is 294 g/mol. The van der Waals surface area contributed by atoms with Crippen molar-refractivity contribution in [1.82, 2.24) is 14.9 Å². The van der Waals surface area contributed by atoms with Gasteiger partial charge in [0, 0.05) is 23.0 Å². The molecule has 18 heavy (non-hydrogen) atoms. The molecule has 1 aliphatic rings. The maximum absolute atomic E-state index is 12.4. The minimum Gasteiger partial charge on any atom is -0.347 e. The van der Waals surface area contributed by atoms with E-state index < -0.39 is 0 Å². The number of nitrogens with one attached hydrogen (secondary N) is 1. The van der Waals surface area contributed by atoms with Crippen molar-refractivity contribution in [2.45, 2.75) is 13.0 Å². The van der Waals surface area contributed by atoms with Crippen LogP contribution in [-0.2, 0) is 13.0 Å². The van der Waals surface area contributed by atoms with E-state index in [2.05, 4.69) is 25.9 Å². The zero-order valence-electron chi connectivity index (χ0n) is 9.69. The van der Waals surface area contributed by atoms with Gasteiger partial charge in [0.1, 0.15) is 0 Å². The highest BCUT2D eigenvalue weighted by molar-refractivity contribution is 9.10. The van der Waals surface area contributed by atoms with E-state index in [1.54, 1.807) is 6.33 Å². The van der Waals surface area contributed by atoms with Crippen molar-refractivity contribution in [3.63, 3.8) is 0 Å². The lowest BCUT2D eigenvalue weighted by Gasteiger charge is -2.26. The smallest absolute Gasteiger partial charge is 0.254 e. The number of hydrogen-bond acceptors (Lipinski definition) is 2. The molecule has 2 heterocycles. The van der Waals surface area contributed by atoms with Crippen LogP contribution in [0.5, 0.6) is 0 Å². The summed E-state index contributed by atoms with van der Waals surface area (Å²) in [6.45, 7) is 1.34. The molecule has 1 amide bonds. The number of halogens is 1. The molecule has 1 aromatic carbocycles. The van der Waals surface area contributed by atoms with E-state index >= 15 is 0 Å². The van der Waals surface area contributed by atoms with E-state index in [0.717, 1.165) is 28.8 Å². The third-order valence-corrected chi connectivity index (χ3v) is 3.63. The van der Waals surface area contributed by atoms with Crippen LogP contribution in [0.3, 0.4) is 0 Å². The highest BCUT2D eigenvalue weighted by atomic mass is 79.9. The Labute approximate surface area is 113 Å². The molecule has 0 bridgehead atoms. The minimum atomic E-state index is 0.0663. The summed E-state index contributed by atoms with van der Waals surface area (Å²) < 4.78 is 0.924. The van der Waals surface area contributed by atoms with Gasteiger partial charge < -0.3 is 9.88 Å². The van der Waals surface area contributed by atoms with Crippen LogP contribution in [-0.4, -0.2) is 27.3 Å². The molecule has 0 spiro atoms. The largest absolute Gasteiger partial charge is 0.347 e. The molecule has 0 unspecified atom stereocenters. The van der Waals surface area contributed by atoms with Gasteiger partial charge >= 0.3 is 0 Å². The highest BCUT2D eigenvalue weighted by Gasteiger charge is 2.23. The maximum Gasteiger partial charge on any atom is 0.254 e. The number of benzene rings is 1. The number of aromatic nitrogens is 2. The third kappa shape index (κ3) is 2.06. The minimum absolute atomic E-state index is 0.0663. The second-order valence-electron chi connectivity index (χ2n) is 4.31. The molecule has 0 aliphatic carbocycles. The average Bonchev–Trinajstić information content (AvgIpc) is 2.85. The quantitative estimate of drug-likeness (QED) is 0.879. The van der Waals surface area contributed by atoms with Crippen LogP contribution in [0, 0.1) is 0 Å². The molecule has 2 aromatic rings. The van der Waals surface area contributed by atoms with Crippen LogP contribution in [0.15, 0.2) is 35.1 Å². The van der Waals surface area contributed by atoms with E-state index in [9.17, 15) is 4.79 Å². The molecular formula is C13H12BrN3O. The fourth-order valence-electron chi connectivity index (χ4n) is 2.19. The molecule has 0 radical (unpaired) electrons. The Balaban J connectivity index is 1.83. The summed E-state index contributed by atoms with van der Waals surface area (Å²) in [5, 5.41) is 0. The Morgan fingerprint density at radius 3 is 3.17 bits per heavy atom. The maximum atomic E-state index is 12.4. The van der Waals surface area contributed by atoms with E-state index in [0.29, 0.717) is 12.1 Å². The molecule has 1 aliphatic heterocycles. The van der Waals surface area contributed by atoms with Crippen LogP contribution in [0.1, 0.15) is 21.7 Å². The van der Waals surface area contributed by atoms with E-state index in [4.69, 9.17) is 0 Å². The SMILES string of the molecule is O=C(c1cccc(Br)c1)N1CCc2nc[nH]c2C1. The summed E-state index contributed by atoms with van der Waals surface area (Å²) in [7, 11) is 0. The summed E-state index contributed by atoms with van der Waals surface area (Å²) in [4.78, 5) is 21.5. The number of rotatable bonds is 1. The number of aromatic amines is 1. The lowest BCUT2D eigenvalue weighted by Crippen LogP contribution is -2.36. The van der Waals surface area contributed by atoms with Gasteiger partial charge in [-0.15, -0.1) is 0 Å². The number of nitrogens with zero attached hydrogens (tertiary/aromatic N) is 2. The first kappa shape index (κ1) is 11.5. The number of carbonyl (C=O) groups excluding carboxylic acids is 1. The van der Waals surface area contributed by atoms with Crippen molar-refractivity contribution >= 4 is 21.8 Å². The fourth-order valence-corrected chi connectivity index (χ4v) is 2.59. The van der Waals surface area contributed by atoms with E-state index in [-0.39, 0.29) is 5.91 Å². The number of amides is 1. The Morgan fingerprint density at radius 1 is 1.44 bits per heavy atom. The Hall–Kier alpha value is -1.62. The molecule has 1 N–H and O–H groups in total. The zero-order valence-corrected chi connectivity index (χ0v) is 11.3. The Bertz CT molecular complexity index is 593. The van der Waals surface area contributed by atoms with Gasteiger partial charge in [-0.25, -0.2) is 4.98 Å². The number of imidazole rings is 1. The van der Waals surface area contributed by atoms with Crippen molar-refractivity contribution in [3.05, 3.63) is 52.0 Å². The normalized spacial score (nSPS) is 14.4. The fraction of sp³-hybridized carbons (Fsp3) is 0.231. The van der Waals surface area contributed by atoms with Crippen LogP contribution in [0.2, 0.25) is 0 Å². The molecule has 3 rings (SSSR count). The standard InChI is InChI=1S/C13H12BrN3O/c14-10-3-1-2-9(6-10)13(18)17-5-4-11-12(7-17)16-8-15-11/h1-3,6,8H,4-5,7H2,(H,15,16). The van der Waals surface area contributed by atoms with Crippen LogP contribution < -0.4 is 0 Å². The van der Waals surface area contributed by atoms with Gasteiger partial charge in [-0.3, -0.25) is 4.79 Å². The monoisotopic (exact) mass is 305 g/mol. The number of carbonyl (C=O) groups is 1. The van der Waals surface area contributed by atoms with Crippen molar-refractivity contribution in [2.75, 3.05) is 6.54 Å². The molecule has 1 aromatic heterocycles. The predicted molar refractivity (Wildman–Crippen MR) is 71.2 cm³/mol. The summed E-state index contributed by atoms with van der Waals surface area (Å²) in [6.07, 6.45) is 2.51. The van der Waals surface area contributed by atoms with Gasteiger partial charge in [0.15, 0.2) is 0 Å². The van der Waals surface area contributed by atoms with Gasteiger partial charge in [-0.05, 0) is 18.2 Å². The van der Waals surface area contributed by atoms with Crippen molar-refractivity contribution in [3.8, 4) is 0 Å². The van der Waals surface area contributed by atoms with Gasteiger partial charge in [0.25, 0.3) is 5.91 Å². The van der Waals surface area contributed by atoms with Gasteiger partial charge in [0.05, 0.1) is 24.3 Å². The van der Waals surface area contributed by atoms with Crippen molar-refractivity contribution in [2.24, 2.45) is 0 Å². The second-order valence-corrected chi connectivity index (χ2v) is 5.23. The molecule has 0 saturated carbocycles. The van der Waals surface area contributed by atoms with E-state index in [1.807, 2.05) is 29.2 Å². The Kier molecular flexibility index (Phi) is 2.91. The summed E-state index contributed by atoms with van der Waals surface area (Å²) in [6, 6.07) is 7.49. The van der Waals surface area contributed by atoms with Crippen LogP contribution in [0.4, 0.5) is 0 Å². The van der Waals surface area contributed by atoms with Crippen LogP contribution in [0.25, 0.3) is 0 Å². The van der Waals surface area contributed by atoms with Crippen molar-refractivity contribution in [1.29, 1.82) is 0 Å². The number of hydrogen-bond donors (Lipinski definition) is 1. The summed E-state index contributed by atoms with van der Waals surface area (Å²) in [5.41, 5.74) is 2.84. The predicted octanol–water partition coefficient (Wildman–Crippen LogP) is 2.37. The lowest BCUT2D eigenvalue weighted by molar-refractivity contribution is 0.0732. The lowest BCUT2D eigenvalue weighted by atomic mass is 10.1. The first-order chi connectivity index (χ1) is 8.74. The topological polar surface area (TPSA) is 49.0 Å². The molecule has 92 valence electrons. The van der Waals surface area contributed by atoms with Crippen molar-refractivity contribution < 1.29 is 4.79 Å². The summed E-state index contributed by atoms with van der Waals surface area (Å²) >= 11 is 3.39. The molecule has 0 saturated heterocycles. The van der Waals surface area contributed by atoms with Gasteiger partial charge in [0.2, 0.25) is 0 Å². The van der Waals surface area contributed by atoms with Gasteiger partial charge in [-0.1, -0.05) is 22.0 Å².